The van der Waals surface area contributed by atoms with E-state index < -0.39 is 10.1 Å². The first-order chi connectivity index (χ1) is 5.08. The normalized spacial score (nSPS) is 18.5. The van der Waals surface area contributed by atoms with Gasteiger partial charge in [-0.05, 0) is 31.3 Å². The van der Waals surface area contributed by atoms with Crippen molar-refractivity contribution in [2.24, 2.45) is 0 Å². The van der Waals surface area contributed by atoms with Crippen molar-refractivity contribution in [3.05, 3.63) is 11.8 Å². The van der Waals surface area contributed by atoms with Gasteiger partial charge < -0.3 is 4.18 Å². The second kappa shape index (κ2) is 3.26. The van der Waals surface area contributed by atoms with Gasteiger partial charge in [-0.1, -0.05) is 0 Å². The summed E-state index contributed by atoms with van der Waals surface area (Å²) < 4.78 is 25.6. The van der Waals surface area contributed by atoms with E-state index in [1.807, 2.05) is 0 Å². The molecule has 0 atom stereocenters. The molecule has 4 heteroatoms. The van der Waals surface area contributed by atoms with Gasteiger partial charge in [-0.2, -0.15) is 8.42 Å². The van der Waals surface area contributed by atoms with Crippen LogP contribution in [-0.4, -0.2) is 14.7 Å². The maximum atomic E-state index is 10.5. The average Bonchev–Trinajstić information content (AvgIpc) is 2.32. The Labute approximate surface area is 67.2 Å². The molecule has 1 aliphatic rings. The molecule has 0 N–H and O–H groups in total. The molecule has 0 amide bonds. The van der Waals surface area contributed by atoms with Gasteiger partial charge in [-0.25, -0.2) is 0 Å². The second-order valence-electron chi connectivity index (χ2n) is 2.78. The SMILES string of the molecule is CS(=O)(=O)OC=C1CCCC1. The summed E-state index contributed by atoms with van der Waals surface area (Å²) in [7, 11) is -3.29. The number of rotatable bonds is 2. The van der Waals surface area contributed by atoms with Crippen LogP contribution >= 0.6 is 0 Å². The highest BCUT2D eigenvalue weighted by Gasteiger charge is 2.07. The molecule has 0 spiro atoms. The van der Waals surface area contributed by atoms with E-state index in [2.05, 4.69) is 4.18 Å². The Balaban J connectivity index is 2.47. The Morgan fingerprint density at radius 1 is 1.36 bits per heavy atom. The highest BCUT2D eigenvalue weighted by molar-refractivity contribution is 7.86. The molecule has 64 valence electrons. The van der Waals surface area contributed by atoms with Crippen LogP contribution in [0.2, 0.25) is 0 Å². The molecule has 11 heavy (non-hydrogen) atoms. The number of allylic oxidation sites excluding steroid dienone is 1. The molecule has 0 unspecified atom stereocenters. The van der Waals surface area contributed by atoms with Crippen LogP contribution in [0.15, 0.2) is 11.8 Å². The maximum absolute atomic E-state index is 10.5. The lowest BCUT2D eigenvalue weighted by Crippen LogP contribution is -1.96. The molecular weight excluding hydrogens is 164 g/mol. The third-order valence-corrected chi connectivity index (χ3v) is 2.08. The minimum Gasteiger partial charge on any atom is -0.391 e. The molecule has 0 aromatic rings. The molecule has 0 aliphatic heterocycles. The summed E-state index contributed by atoms with van der Waals surface area (Å²) in [6.07, 6.45) is 6.70. The first-order valence-electron chi connectivity index (χ1n) is 3.64. The number of hydrogen-bond donors (Lipinski definition) is 0. The van der Waals surface area contributed by atoms with E-state index in [0.29, 0.717) is 0 Å². The largest absolute Gasteiger partial charge is 0.391 e. The fraction of sp³-hybridized carbons (Fsp3) is 0.714. The van der Waals surface area contributed by atoms with Crippen molar-refractivity contribution in [1.82, 2.24) is 0 Å². The standard InChI is InChI=1S/C7H12O3S/c1-11(8,9)10-6-7-4-2-3-5-7/h6H,2-5H2,1H3. The van der Waals surface area contributed by atoms with Crippen molar-refractivity contribution in [3.63, 3.8) is 0 Å². The maximum Gasteiger partial charge on any atom is 0.305 e. The number of hydrogen-bond acceptors (Lipinski definition) is 3. The van der Waals surface area contributed by atoms with Crippen LogP contribution in [0.1, 0.15) is 25.7 Å². The van der Waals surface area contributed by atoms with Gasteiger partial charge in [0.1, 0.15) is 6.26 Å². The van der Waals surface area contributed by atoms with Gasteiger partial charge in [0, 0.05) is 0 Å². The van der Waals surface area contributed by atoms with Crippen LogP contribution < -0.4 is 0 Å². The van der Waals surface area contributed by atoms with Gasteiger partial charge >= 0.3 is 10.1 Å². The Hall–Kier alpha value is -0.510. The molecule has 0 aromatic heterocycles. The zero-order chi connectivity index (χ0) is 8.32. The van der Waals surface area contributed by atoms with Gasteiger partial charge in [-0.15, -0.1) is 0 Å². The van der Waals surface area contributed by atoms with Gasteiger partial charge in [0.15, 0.2) is 0 Å². The Bertz CT molecular complexity index is 243. The second-order valence-corrected chi connectivity index (χ2v) is 4.38. The minimum absolute atomic E-state index is 0.982. The lowest BCUT2D eigenvalue weighted by Gasteiger charge is -1.96. The van der Waals surface area contributed by atoms with Crippen LogP contribution in [0.25, 0.3) is 0 Å². The van der Waals surface area contributed by atoms with E-state index in [1.54, 1.807) is 0 Å². The lowest BCUT2D eigenvalue weighted by molar-refractivity contribution is 0.445. The third-order valence-electron chi connectivity index (χ3n) is 1.64. The lowest BCUT2D eigenvalue weighted by atomic mass is 10.3. The molecular formula is C7H12O3S. The van der Waals surface area contributed by atoms with E-state index >= 15 is 0 Å². The summed E-state index contributed by atoms with van der Waals surface area (Å²) >= 11 is 0. The Morgan fingerprint density at radius 3 is 2.36 bits per heavy atom. The van der Waals surface area contributed by atoms with Gasteiger partial charge in [0.2, 0.25) is 0 Å². The van der Waals surface area contributed by atoms with Crippen LogP contribution in [0.4, 0.5) is 0 Å². The topological polar surface area (TPSA) is 43.4 Å². The van der Waals surface area contributed by atoms with Crippen LogP contribution in [0, 0.1) is 0 Å². The summed E-state index contributed by atoms with van der Waals surface area (Å²) in [5.41, 5.74) is 1.11. The van der Waals surface area contributed by atoms with Crippen molar-refractivity contribution >= 4 is 10.1 Å². The smallest absolute Gasteiger partial charge is 0.305 e. The molecule has 0 bridgehead atoms. The predicted octanol–water partition coefficient (Wildman–Crippen LogP) is 1.42. The zero-order valence-corrected chi connectivity index (χ0v) is 7.36. The highest BCUT2D eigenvalue weighted by atomic mass is 32.2. The molecule has 3 nitrogen and oxygen atoms in total. The fourth-order valence-electron chi connectivity index (χ4n) is 1.10. The molecule has 1 fully saturated rings. The summed E-state index contributed by atoms with van der Waals surface area (Å²) in [5, 5.41) is 0. The average molecular weight is 176 g/mol. The van der Waals surface area contributed by atoms with Gasteiger partial charge in [0.05, 0.1) is 6.26 Å². The Kier molecular flexibility index (Phi) is 2.54. The fourth-order valence-corrected chi connectivity index (χ4v) is 1.41. The molecule has 0 aromatic carbocycles. The highest BCUT2D eigenvalue weighted by Crippen LogP contribution is 2.23. The first-order valence-corrected chi connectivity index (χ1v) is 5.46. The third kappa shape index (κ3) is 3.41. The van der Waals surface area contributed by atoms with E-state index in [0.717, 1.165) is 37.5 Å². The molecule has 1 aliphatic carbocycles. The van der Waals surface area contributed by atoms with Crippen LogP contribution in [0.3, 0.4) is 0 Å². The van der Waals surface area contributed by atoms with Gasteiger partial charge in [-0.3, -0.25) is 0 Å². The predicted molar refractivity (Wildman–Crippen MR) is 42.5 cm³/mol. The van der Waals surface area contributed by atoms with Crippen molar-refractivity contribution in [2.75, 3.05) is 6.26 Å². The van der Waals surface area contributed by atoms with Gasteiger partial charge in [0.25, 0.3) is 0 Å². The molecule has 0 radical (unpaired) electrons. The van der Waals surface area contributed by atoms with E-state index in [4.69, 9.17) is 0 Å². The van der Waals surface area contributed by atoms with Crippen LogP contribution in [0.5, 0.6) is 0 Å². The zero-order valence-electron chi connectivity index (χ0n) is 6.54. The molecule has 0 saturated heterocycles. The summed E-state index contributed by atoms with van der Waals surface area (Å²) in [4.78, 5) is 0. The van der Waals surface area contributed by atoms with Crippen molar-refractivity contribution < 1.29 is 12.6 Å². The van der Waals surface area contributed by atoms with Crippen LogP contribution in [-0.2, 0) is 14.3 Å². The summed E-state index contributed by atoms with van der Waals surface area (Å²) in [5.74, 6) is 0. The summed E-state index contributed by atoms with van der Waals surface area (Å²) in [6, 6.07) is 0. The Morgan fingerprint density at radius 2 is 1.91 bits per heavy atom. The monoisotopic (exact) mass is 176 g/mol. The molecule has 1 saturated carbocycles. The van der Waals surface area contributed by atoms with Crippen molar-refractivity contribution in [1.29, 1.82) is 0 Å². The minimum atomic E-state index is -3.29. The quantitative estimate of drug-likeness (QED) is 0.472. The van der Waals surface area contributed by atoms with Crippen molar-refractivity contribution in [2.45, 2.75) is 25.7 Å². The van der Waals surface area contributed by atoms with E-state index in [9.17, 15) is 8.42 Å². The van der Waals surface area contributed by atoms with E-state index in [1.165, 1.54) is 6.26 Å². The van der Waals surface area contributed by atoms with Crippen molar-refractivity contribution in [3.8, 4) is 0 Å². The summed E-state index contributed by atoms with van der Waals surface area (Å²) in [6.45, 7) is 0. The van der Waals surface area contributed by atoms with E-state index in [-0.39, 0.29) is 0 Å². The molecule has 1 rings (SSSR count). The molecule has 0 heterocycles. The first kappa shape index (κ1) is 8.59.